The summed E-state index contributed by atoms with van der Waals surface area (Å²) in [5.41, 5.74) is 11.5. The van der Waals surface area contributed by atoms with Crippen molar-refractivity contribution in [3.05, 3.63) is 202 Å². The molecule has 0 aliphatic heterocycles. The Morgan fingerprint density at radius 1 is 0.298 bits per heavy atom. The molecule has 4 heterocycles. The Bertz CT molecular complexity index is 2590. The number of imidazole rings is 3. The first kappa shape index (κ1) is 33.5. The first-order valence-corrected chi connectivity index (χ1v) is 18.6. The van der Waals surface area contributed by atoms with Crippen molar-refractivity contribution in [3.8, 4) is 84.6 Å². The zero-order valence-corrected chi connectivity index (χ0v) is 30.6. The van der Waals surface area contributed by atoms with Crippen molar-refractivity contribution in [2.45, 2.75) is 0 Å². The number of aromatic nitrogens is 9. The van der Waals surface area contributed by atoms with Gasteiger partial charge in [0.2, 0.25) is 0 Å². The summed E-state index contributed by atoms with van der Waals surface area (Å²) in [6.07, 6.45) is 16.5. The number of hydrogen-bond donors (Lipinski definition) is 0. The Morgan fingerprint density at radius 3 is 0.860 bits per heavy atom. The predicted octanol–water partition coefficient (Wildman–Crippen LogP) is 10.4. The normalized spacial score (nSPS) is 11.2. The largest absolute Gasteiger partial charge is 0.306 e. The minimum atomic E-state index is 0.514. The highest BCUT2D eigenvalue weighted by Gasteiger charge is 2.22. The predicted molar refractivity (Wildman–Crippen MR) is 224 cm³/mol. The van der Waals surface area contributed by atoms with Gasteiger partial charge in [0.1, 0.15) is 0 Å². The number of hydrogen-bond acceptors (Lipinski definition) is 6. The highest BCUT2D eigenvalue weighted by atomic mass is 15.1. The molecule has 0 aliphatic carbocycles. The van der Waals surface area contributed by atoms with Gasteiger partial charge in [-0.1, -0.05) is 109 Å². The summed E-state index contributed by atoms with van der Waals surface area (Å²) in [6, 6.07) is 50.2. The molecule has 270 valence electrons. The van der Waals surface area contributed by atoms with Crippen LogP contribution in [0.15, 0.2) is 202 Å². The quantitative estimate of drug-likeness (QED) is 0.147. The lowest BCUT2D eigenvalue weighted by Crippen LogP contribution is -2.06. The van der Waals surface area contributed by atoms with Crippen LogP contribution in [-0.4, -0.2) is 43.6 Å². The van der Waals surface area contributed by atoms with Gasteiger partial charge in [-0.05, 0) is 69.8 Å². The van der Waals surface area contributed by atoms with Gasteiger partial charge < -0.3 is 13.7 Å². The molecule has 0 aliphatic rings. The molecule has 0 amide bonds. The van der Waals surface area contributed by atoms with Crippen molar-refractivity contribution < 1.29 is 0 Å². The molecule has 0 bridgehead atoms. The molecular weight excluding hydrogens is 703 g/mol. The highest BCUT2D eigenvalue weighted by molar-refractivity contribution is 5.83. The molecule has 4 aromatic heterocycles. The van der Waals surface area contributed by atoms with Gasteiger partial charge in [0, 0.05) is 53.9 Å². The van der Waals surface area contributed by atoms with E-state index in [2.05, 4.69) is 106 Å². The standard InChI is InChI=1S/C48H33N9/c1-4-10-34(11-5-1)37-16-19-43(55-25-22-49-31-55)40(28-37)46-52-47(41-29-38(35-12-6-2-7-13-35)17-20-44(41)56-26-23-50-32-56)54-48(53-46)42-30-39(36-14-8-3-9-15-36)18-21-45(42)57-27-24-51-33-57/h1-33H. The molecule has 0 fully saturated rings. The fraction of sp³-hybridized carbons (Fsp3) is 0. The maximum absolute atomic E-state index is 5.37. The van der Waals surface area contributed by atoms with Crippen molar-refractivity contribution in [1.82, 2.24) is 43.6 Å². The van der Waals surface area contributed by atoms with Gasteiger partial charge in [-0.25, -0.2) is 29.9 Å². The van der Waals surface area contributed by atoms with Gasteiger partial charge in [0.15, 0.2) is 17.5 Å². The van der Waals surface area contributed by atoms with Crippen LogP contribution in [0.25, 0.3) is 84.6 Å². The lowest BCUT2D eigenvalue weighted by Gasteiger charge is -2.17. The maximum atomic E-state index is 5.37. The van der Waals surface area contributed by atoms with Crippen LogP contribution in [0.1, 0.15) is 0 Å². The molecule has 0 radical (unpaired) electrons. The zero-order chi connectivity index (χ0) is 38.0. The zero-order valence-electron chi connectivity index (χ0n) is 30.6. The second-order valence-corrected chi connectivity index (χ2v) is 13.5. The van der Waals surface area contributed by atoms with Gasteiger partial charge in [-0.3, -0.25) is 0 Å². The van der Waals surface area contributed by atoms with Crippen LogP contribution in [0.4, 0.5) is 0 Å². The van der Waals surface area contributed by atoms with Gasteiger partial charge in [0.25, 0.3) is 0 Å². The van der Waals surface area contributed by atoms with E-state index in [1.165, 1.54) is 0 Å². The number of rotatable bonds is 9. The van der Waals surface area contributed by atoms with Gasteiger partial charge in [0.05, 0.1) is 36.0 Å². The van der Waals surface area contributed by atoms with E-state index in [-0.39, 0.29) is 0 Å². The monoisotopic (exact) mass is 735 g/mol. The second kappa shape index (κ2) is 14.7. The number of benzene rings is 6. The Balaban J connectivity index is 1.28. The molecule has 9 heteroatoms. The lowest BCUT2D eigenvalue weighted by atomic mass is 9.99. The summed E-state index contributed by atoms with van der Waals surface area (Å²) in [7, 11) is 0. The summed E-state index contributed by atoms with van der Waals surface area (Å²) in [5.74, 6) is 1.54. The highest BCUT2D eigenvalue weighted by Crippen LogP contribution is 2.37. The average Bonchev–Trinajstić information content (AvgIpc) is 4.13. The summed E-state index contributed by atoms with van der Waals surface area (Å²) in [4.78, 5) is 29.3. The minimum absolute atomic E-state index is 0.514. The molecule has 57 heavy (non-hydrogen) atoms. The van der Waals surface area contributed by atoms with Crippen LogP contribution < -0.4 is 0 Å². The molecule has 6 aromatic carbocycles. The molecular formula is C48H33N9. The summed E-state index contributed by atoms with van der Waals surface area (Å²) < 4.78 is 5.98. The fourth-order valence-electron chi connectivity index (χ4n) is 7.19. The van der Waals surface area contributed by atoms with Crippen LogP contribution >= 0.6 is 0 Å². The van der Waals surface area contributed by atoms with Crippen molar-refractivity contribution in [2.24, 2.45) is 0 Å². The van der Waals surface area contributed by atoms with E-state index in [4.69, 9.17) is 15.0 Å². The minimum Gasteiger partial charge on any atom is -0.306 e. The van der Waals surface area contributed by atoms with E-state index in [0.29, 0.717) is 17.5 Å². The van der Waals surface area contributed by atoms with Crippen LogP contribution in [0.2, 0.25) is 0 Å². The van der Waals surface area contributed by atoms with Crippen molar-refractivity contribution >= 4 is 0 Å². The van der Waals surface area contributed by atoms with Crippen molar-refractivity contribution in [2.75, 3.05) is 0 Å². The maximum Gasteiger partial charge on any atom is 0.166 e. The molecule has 0 unspecified atom stereocenters. The topological polar surface area (TPSA) is 92.1 Å². The average molecular weight is 736 g/mol. The molecule has 0 saturated heterocycles. The van der Waals surface area contributed by atoms with E-state index in [1.54, 1.807) is 37.6 Å². The van der Waals surface area contributed by atoms with Gasteiger partial charge >= 0.3 is 0 Å². The Kier molecular flexibility index (Phi) is 8.62. The van der Waals surface area contributed by atoms with E-state index >= 15 is 0 Å². The van der Waals surface area contributed by atoms with E-state index in [9.17, 15) is 0 Å². The van der Waals surface area contributed by atoms with E-state index in [0.717, 1.165) is 67.1 Å². The molecule has 0 saturated carbocycles. The van der Waals surface area contributed by atoms with Crippen molar-refractivity contribution in [3.63, 3.8) is 0 Å². The third kappa shape index (κ3) is 6.59. The molecule has 0 N–H and O–H groups in total. The van der Waals surface area contributed by atoms with Gasteiger partial charge in [-0.2, -0.15) is 0 Å². The summed E-state index contributed by atoms with van der Waals surface area (Å²) in [6.45, 7) is 0. The van der Waals surface area contributed by atoms with Crippen molar-refractivity contribution in [1.29, 1.82) is 0 Å². The Labute approximate surface area is 329 Å². The molecule has 0 spiro atoms. The molecule has 10 rings (SSSR count). The van der Waals surface area contributed by atoms with Crippen LogP contribution in [0.5, 0.6) is 0 Å². The number of nitrogens with zero attached hydrogens (tertiary/aromatic N) is 9. The van der Waals surface area contributed by atoms with Crippen LogP contribution in [0.3, 0.4) is 0 Å². The van der Waals surface area contributed by atoms with Gasteiger partial charge in [-0.15, -0.1) is 0 Å². The summed E-state index contributed by atoms with van der Waals surface area (Å²) >= 11 is 0. The Hall–Kier alpha value is -8.04. The molecule has 10 aromatic rings. The third-order valence-electron chi connectivity index (χ3n) is 10.0. The first-order valence-electron chi connectivity index (χ1n) is 18.6. The van der Waals surface area contributed by atoms with E-state index < -0.39 is 0 Å². The molecule has 9 nitrogen and oxygen atoms in total. The SMILES string of the molecule is c1ccc(-c2ccc(-n3ccnc3)c(-c3nc(-c4cc(-c5ccccc5)ccc4-n4ccnc4)nc(-c4cc(-c5ccccc5)ccc4-n4ccnc4)n3)c2)cc1. The lowest BCUT2D eigenvalue weighted by molar-refractivity contribution is 1.01. The Morgan fingerprint density at radius 2 is 0.596 bits per heavy atom. The summed E-state index contributed by atoms with van der Waals surface area (Å²) in [5, 5.41) is 0. The smallest absolute Gasteiger partial charge is 0.166 e. The second-order valence-electron chi connectivity index (χ2n) is 13.5. The van der Waals surface area contributed by atoms with E-state index in [1.807, 2.05) is 86.9 Å². The molecule has 0 atom stereocenters. The van der Waals surface area contributed by atoms with Crippen LogP contribution in [-0.2, 0) is 0 Å². The first-order chi connectivity index (χ1) is 28.2. The fourth-order valence-corrected chi connectivity index (χ4v) is 7.19. The van der Waals surface area contributed by atoms with Crippen LogP contribution in [0, 0.1) is 0 Å². The third-order valence-corrected chi connectivity index (χ3v) is 10.0.